The Hall–Kier alpha value is -2.47. The zero-order chi connectivity index (χ0) is 16.2. The Morgan fingerprint density at radius 2 is 2.09 bits per heavy atom. The van der Waals surface area contributed by atoms with Gasteiger partial charge in [0, 0.05) is 28.5 Å². The number of aryl methyl sites for hydroxylation is 1. The highest BCUT2D eigenvalue weighted by Gasteiger charge is 2.11. The van der Waals surface area contributed by atoms with Gasteiger partial charge in [-0.25, -0.2) is 4.98 Å². The number of hydrogen-bond acceptors (Lipinski definition) is 4. The molecule has 3 aromatic rings. The van der Waals surface area contributed by atoms with Crippen LogP contribution in [-0.2, 0) is 0 Å². The molecule has 1 aromatic carbocycles. The summed E-state index contributed by atoms with van der Waals surface area (Å²) in [5.74, 6) is 1.66. The molecule has 0 fully saturated rings. The lowest BCUT2D eigenvalue weighted by Gasteiger charge is -2.11. The first-order valence-corrected chi connectivity index (χ1v) is 8.32. The topological polar surface area (TPSA) is 70.7 Å². The highest BCUT2D eigenvalue weighted by Crippen LogP contribution is 2.20. The quantitative estimate of drug-likeness (QED) is 0.755. The Morgan fingerprint density at radius 3 is 2.70 bits per heavy atom. The van der Waals surface area contributed by atoms with E-state index in [4.69, 9.17) is 0 Å². The SMILES string of the molecule is Cc1nc(-c2ccc(C(=O)NC[C@@H](C)c3cccs3)cc2)n[nH]1. The van der Waals surface area contributed by atoms with Crippen LogP contribution in [0.25, 0.3) is 11.4 Å². The third kappa shape index (κ3) is 3.65. The number of H-pyrrole nitrogens is 1. The second kappa shape index (κ2) is 6.75. The summed E-state index contributed by atoms with van der Waals surface area (Å²) in [6.45, 7) is 4.59. The van der Waals surface area contributed by atoms with E-state index in [1.807, 2.05) is 25.1 Å². The number of aromatic amines is 1. The molecule has 2 N–H and O–H groups in total. The van der Waals surface area contributed by atoms with Crippen molar-refractivity contribution in [1.29, 1.82) is 0 Å². The summed E-state index contributed by atoms with van der Waals surface area (Å²) < 4.78 is 0. The molecule has 0 unspecified atom stereocenters. The Balaban J connectivity index is 1.61. The van der Waals surface area contributed by atoms with E-state index in [1.54, 1.807) is 23.5 Å². The first kappa shape index (κ1) is 15.4. The number of hydrogen-bond donors (Lipinski definition) is 2. The lowest BCUT2D eigenvalue weighted by Crippen LogP contribution is -2.27. The number of aromatic nitrogens is 3. The van der Waals surface area contributed by atoms with E-state index in [-0.39, 0.29) is 5.91 Å². The van der Waals surface area contributed by atoms with Crippen molar-refractivity contribution in [3.05, 3.63) is 58.0 Å². The van der Waals surface area contributed by atoms with Gasteiger partial charge in [-0.2, -0.15) is 5.10 Å². The number of amides is 1. The number of rotatable bonds is 5. The summed E-state index contributed by atoms with van der Waals surface area (Å²) in [5.41, 5.74) is 1.53. The van der Waals surface area contributed by atoms with E-state index in [9.17, 15) is 4.79 Å². The minimum absolute atomic E-state index is 0.0638. The number of nitrogens with zero attached hydrogens (tertiary/aromatic N) is 2. The second-order valence-electron chi connectivity index (χ2n) is 5.45. The first-order chi connectivity index (χ1) is 11.1. The average molecular weight is 326 g/mol. The molecule has 5 nitrogen and oxygen atoms in total. The van der Waals surface area contributed by atoms with Gasteiger partial charge in [-0.15, -0.1) is 11.3 Å². The van der Waals surface area contributed by atoms with Crippen molar-refractivity contribution in [2.75, 3.05) is 6.54 Å². The van der Waals surface area contributed by atoms with Gasteiger partial charge in [0.2, 0.25) is 0 Å². The van der Waals surface area contributed by atoms with Crippen LogP contribution in [0, 0.1) is 6.92 Å². The Bertz CT molecular complexity index is 777. The van der Waals surface area contributed by atoms with E-state index >= 15 is 0 Å². The maximum Gasteiger partial charge on any atom is 0.251 e. The molecule has 0 aliphatic rings. The van der Waals surface area contributed by atoms with Crippen molar-refractivity contribution < 1.29 is 4.79 Å². The Morgan fingerprint density at radius 1 is 1.30 bits per heavy atom. The minimum atomic E-state index is -0.0638. The molecule has 0 saturated heterocycles. The van der Waals surface area contributed by atoms with Crippen LogP contribution in [0.4, 0.5) is 0 Å². The molecule has 0 saturated carbocycles. The van der Waals surface area contributed by atoms with Gasteiger partial charge in [0.25, 0.3) is 5.91 Å². The van der Waals surface area contributed by atoms with Crippen LogP contribution in [0.15, 0.2) is 41.8 Å². The van der Waals surface area contributed by atoms with Crippen LogP contribution in [0.2, 0.25) is 0 Å². The fourth-order valence-corrected chi connectivity index (χ4v) is 3.05. The number of benzene rings is 1. The lowest BCUT2D eigenvalue weighted by atomic mass is 10.1. The van der Waals surface area contributed by atoms with Crippen molar-refractivity contribution in [2.45, 2.75) is 19.8 Å². The molecule has 3 rings (SSSR count). The smallest absolute Gasteiger partial charge is 0.251 e. The summed E-state index contributed by atoms with van der Waals surface area (Å²) in [5, 5.41) is 12.0. The summed E-state index contributed by atoms with van der Waals surface area (Å²) in [7, 11) is 0. The van der Waals surface area contributed by atoms with Gasteiger partial charge in [-0.1, -0.05) is 25.1 Å². The van der Waals surface area contributed by atoms with Gasteiger partial charge in [0.1, 0.15) is 5.82 Å². The van der Waals surface area contributed by atoms with E-state index in [1.165, 1.54) is 4.88 Å². The summed E-state index contributed by atoms with van der Waals surface area (Å²) >= 11 is 1.71. The largest absolute Gasteiger partial charge is 0.351 e. The first-order valence-electron chi connectivity index (χ1n) is 7.44. The average Bonchev–Trinajstić information content (AvgIpc) is 3.24. The number of carbonyl (C=O) groups excluding carboxylic acids is 1. The van der Waals surface area contributed by atoms with E-state index in [0.29, 0.717) is 23.9 Å². The maximum absolute atomic E-state index is 12.2. The minimum Gasteiger partial charge on any atom is -0.351 e. The zero-order valence-corrected chi connectivity index (χ0v) is 13.9. The fraction of sp³-hybridized carbons (Fsp3) is 0.235. The number of thiophene rings is 1. The fourth-order valence-electron chi connectivity index (χ4n) is 2.26. The monoisotopic (exact) mass is 326 g/mol. The van der Waals surface area contributed by atoms with Crippen LogP contribution in [0.1, 0.15) is 33.9 Å². The Kier molecular flexibility index (Phi) is 4.52. The van der Waals surface area contributed by atoms with Gasteiger partial charge in [0.05, 0.1) is 0 Å². The van der Waals surface area contributed by atoms with Crippen LogP contribution >= 0.6 is 11.3 Å². The molecule has 2 aromatic heterocycles. The predicted molar refractivity (Wildman–Crippen MR) is 91.6 cm³/mol. The molecule has 0 spiro atoms. The van der Waals surface area contributed by atoms with E-state index < -0.39 is 0 Å². The van der Waals surface area contributed by atoms with Crippen LogP contribution in [-0.4, -0.2) is 27.6 Å². The van der Waals surface area contributed by atoms with Gasteiger partial charge in [-0.3, -0.25) is 9.89 Å². The van der Waals surface area contributed by atoms with Crippen molar-refractivity contribution in [3.63, 3.8) is 0 Å². The van der Waals surface area contributed by atoms with Crippen LogP contribution < -0.4 is 5.32 Å². The molecular weight excluding hydrogens is 308 g/mol. The molecule has 1 atom stereocenters. The molecule has 0 aliphatic carbocycles. The Labute approximate surface area is 138 Å². The van der Waals surface area contributed by atoms with Crippen molar-refractivity contribution in [3.8, 4) is 11.4 Å². The molecular formula is C17H18N4OS. The van der Waals surface area contributed by atoms with Crippen molar-refractivity contribution in [1.82, 2.24) is 20.5 Å². The lowest BCUT2D eigenvalue weighted by molar-refractivity contribution is 0.0952. The number of nitrogens with one attached hydrogen (secondary N) is 2. The van der Waals surface area contributed by atoms with Crippen molar-refractivity contribution in [2.24, 2.45) is 0 Å². The third-order valence-corrected chi connectivity index (χ3v) is 4.70. The molecule has 23 heavy (non-hydrogen) atoms. The van der Waals surface area contributed by atoms with Gasteiger partial charge in [0.15, 0.2) is 5.82 Å². The van der Waals surface area contributed by atoms with Crippen LogP contribution in [0.5, 0.6) is 0 Å². The molecule has 1 amide bonds. The molecule has 0 aliphatic heterocycles. The standard InChI is InChI=1S/C17H18N4OS/c1-11(15-4-3-9-23-15)10-18-17(22)14-7-5-13(6-8-14)16-19-12(2)20-21-16/h3-9,11H,10H2,1-2H3,(H,18,22)(H,19,20,21)/t11-/m1/s1. The third-order valence-electron chi connectivity index (χ3n) is 3.60. The van der Waals surface area contributed by atoms with Gasteiger partial charge < -0.3 is 5.32 Å². The van der Waals surface area contributed by atoms with E-state index in [0.717, 1.165) is 11.4 Å². The summed E-state index contributed by atoms with van der Waals surface area (Å²) in [4.78, 5) is 17.8. The molecule has 6 heteroatoms. The van der Waals surface area contributed by atoms with Crippen molar-refractivity contribution >= 4 is 17.2 Å². The molecule has 2 heterocycles. The zero-order valence-electron chi connectivity index (χ0n) is 13.0. The highest BCUT2D eigenvalue weighted by molar-refractivity contribution is 7.10. The summed E-state index contributed by atoms with van der Waals surface area (Å²) in [6, 6.07) is 11.4. The summed E-state index contributed by atoms with van der Waals surface area (Å²) in [6.07, 6.45) is 0. The predicted octanol–water partition coefficient (Wildman–Crippen LogP) is 3.38. The highest BCUT2D eigenvalue weighted by atomic mass is 32.1. The van der Waals surface area contributed by atoms with Gasteiger partial charge >= 0.3 is 0 Å². The molecule has 118 valence electrons. The number of carbonyl (C=O) groups is 1. The molecule has 0 bridgehead atoms. The van der Waals surface area contributed by atoms with Gasteiger partial charge in [-0.05, 0) is 30.5 Å². The van der Waals surface area contributed by atoms with E-state index in [2.05, 4.69) is 38.9 Å². The maximum atomic E-state index is 12.2. The second-order valence-corrected chi connectivity index (χ2v) is 6.43. The van der Waals surface area contributed by atoms with Crippen LogP contribution in [0.3, 0.4) is 0 Å². The molecule has 0 radical (unpaired) electrons. The normalized spacial score (nSPS) is 12.1.